The maximum atomic E-state index is 12.5. The number of benzene rings is 2. The lowest BCUT2D eigenvalue weighted by atomic mass is 10.2. The number of ether oxygens (including phenoxy) is 2. The minimum absolute atomic E-state index is 0.202. The van der Waals surface area contributed by atoms with Crippen LogP contribution in [0.3, 0.4) is 0 Å². The van der Waals surface area contributed by atoms with Gasteiger partial charge in [-0.05, 0) is 48.9 Å². The summed E-state index contributed by atoms with van der Waals surface area (Å²) in [5, 5.41) is 5.33. The van der Waals surface area contributed by atoms with Crippen LogP contribution in [0.4, 0.5) is 5.13 Å². The van der Waals surface area contributed by atoms with Crippen LogP contribution in [-0.4, -0.2) is 24.6 Å². The molecule has 0 saturated heterocycles. The largest absolute Gasteiger partial charge is 0.497 e. The first kappa shape index (κ1) is 18.9. The Labute approximate surface area is 163 Å². The van der Waals surface area contributed by atoms with Crippen molar-refractivity contribution < 1.29 is 14.3 Å². The quantitative estimate of drug-likeness (QED) is 0.541. The molecule has 140 valence electrons. The second kappa shape index (κ2) is 9.19. The summed E-state index contributed by atoms with van der Waals surface area (Å²) >= 11 is 1.39. The van der Waals surface area contributed by atoms with Crippen molar-refractivity contribution in [1.82, 2.24) is 4.98 Å². The summed E-state index contributed by atoms with van der Waals surface area (Å²) in [4.78, 5) is 17.0. The molecule has 0 aliphatic rings. The van der Waals surface area contributed by atoms with Gasteiger partial charge in [-0.25, -0.2) is 4.98 Å². The standard InChI is InChI=1S/C21H22N2O3S/c1-3-4-12-26-18-7-5-6-16(13-18)20(24)23-21-22-19(14-27-21)15-8-10-17(25-2)11-9-15/h5-11,13-14H,3-4,12H2,1-2H3,(H,22,23,24). The molecule has 2 aromatic carbocycles. The first-order valence-electron chi connectivity index (χ1n) is 8.83. The molecule has 5 nitrogen and oxygen atoms in total. The van der Waals surface area contributed by atoms with Crippen molar-refractivity contribution in [2.45, 2.75) is 19.8 Å². The number of anilines is 1. The monoisotopic (exact) mass is 382 g/mol. The number of carbonyl (C=O) groups excluding carboxylic acids is 1. The number of rotatable bonds is 8. The smallest absolute Gasteiger partial charge is 0.257 e. The molecule has 0 aliphatic heterocycles. The van der Waals surface area contributed by atoms with Gasteiger partial charge >= 0.3 is 0 Å². The SMILES string of the molecule is CCCCOc1cccc(C(=O)Nc2nc(-c3ccc(OC)cc3)cs2)c1. The zero-order valence-corrected chi connectivity index (χ0v) is 16.2. The summed E-state index contributed by atoms with van der Waals surface area (Å²) < 4.78 is 10.8. The first-order valence-corrected chi connectivity index (χ1v) is 9.71. The molecule has 1 aromatic heterocycles. The van der Waals surface area contributed by atoms with Crippen LogP contribution in [0.25, 0.3) is 11.3 Å². The highest BCUT2D eigenvalue weighted by atomic mass is 32.1. The predicted octanol–water partition coefficient (Wildman–Crippen LogP) is 5.25. The minimum atomic E-state index is -0.202. The van der Waals surface area contributed by atoms with Crippen molar-refractivity contribution in [3.8, 4) is 22.8 Å². The molecule has 3 rings (SSSR count). The van der Waals surface area contributed by atoms with Gasteiger partial charge in [-0.15, -0.1) is 11.3 Å². The van der Waals surface area contributed by atoms with Gasteiger partial charge < -0.3 is 9.47 Å². The third-order valence-electron chi connectivity index (χ3n) is 3.97. The Balaban J connectivity index is 1.66. The summed E-state index contributed by atoms with van der Waals surface area (Å²) in [6.07, 6.45) is 2.06. The maximum absolute atomic E-state index is 12.5. The topological polar surface area (TPSA) is 60.5 Å². The Kier molecular flexibility index (Phi) is 6.44. The average molecular weight is 382 g/mol. The number of carbonyl (C=O) groups is 1. The van der Waals surface area contributed by atoms with Crippen molar-refractivity contribution in [3.63, 3.8) is 0 Å². The van der Waals surface area contributed by atoms with Crippen LogP contribution in [0.5, 0.6) is 11.5 Å². The second-order valence-corrected chi connectivity index (χ2v) is 6.81. The molecule has 1 amide bonds. The summed E-state index contributed by atoms with van der Waals surface area (Å²) in [7, 11) is 1.63. The summed E-state index contributed by atoms with van der Waals surface area (Å²) in [6.45, 7) is 2.76. The van der Waals surface area contributed by atoms with E-state index in [1.54, 1.807) is 19.2 Å². The van der Waals surface area contributed by atoms with E-state index in [0.717, 1.165) is 29.8 Å². The first-order chi connectivity index (χ1) is 13.2. The van der Waals surface area contributed by atoms with Gasteiger partial charge in [0.1, 0.15) is 11.5 Å². The lowest BCUT2D eigenvalue weighted by Gasteiger charge is -2.07. The Bertz CT molecular complexity index is 890. The Morgan fingerprint density at radius 3 is 2.70 bits per heavy atom. The van der Waals surface area contributed by atoms with Crippen LogP contribution in [-0.2, 0) is 0 Å². The number of unbranched alkanes of at least 4 members (excludes halogenated alkanes) is 1. The number of thiazole rings is 1. The Morgan fingerprint density at radius 2 is 1.96 bits per heavy atom. The van der Waals surface area contributed by atoms with Gasteiger partial charge in [-0.1, -0.05) is 19.4 Å². The fourth-order valence-electron chi connectivity index (χ4n) is 2.46. The summed E-state index contributed by atoms with van der Waals surface area (Å²) in [6, 6.07) is 14.8. The molecule has 0 unspecified atom stereocenters. The van der Waals surface area contributed by atoms with Gasteiger partial charge in [0.2, 0.25) is 0 Å². The highest BCUT2D eigenvalue weighted by Gasteiger charge is 2.11. The molecule has 6 heteroatoms. The zero-order valence-electron chi connectivity index (χ0n) is 15.4. The molecular weight excluding hydrogens is 360 g/mol. The van der Waals surface area contributed by atoms with Crippen LogP contribution in [0.15, 0.2) is 53.9 Å². The highest BCUT2D eigenvalue weighted by molar-refractivity contribution is 7.14. The number of hydrogen-bond acceptors (Lipinski definition) is 5. The summed E-state index contributed by atoms with van der Waals surface area (Å²) in [5.74, 6) is 1.30. The van der Waals surface area contributed by atoms with Crippen LogP contribution >= 0.6 is 11.3 Å². The Morgan fingerprint density at radius 1 is 1.15 bits per heavy atom. The van der Waals surface area contributed by atoms with E-state index >= 15 is 0 Å². The lowest BCUT2D eigenvalue weighted by Crippen LogP contribution is -2.11. The normalized spacial score (nSPS) is 10.4. The molecule has 0 saturated carbocycles. The number of nitrogens with one attached hydrogen (secondary N) is 1. The maximum Gasteiger partial charge on any atom is 0.257 e. The van der Waals surface area contributed by atoms with E-state index in [0.29, 0.717) is 23.1 Å². The number of amides is 1. The minimum Gasteiger partial charge on any atom is -0.497 e. The number of hydrogen-bond donors (Lipinski definition) is 1. The van der Waals surface area contributed by atoms with Crippen LogP contribution in [0.1, 0.15) is 30.1 Å². The Hall–Kier alpha value is -2.86. The molecule has 0 spiro atoms. The molecule has 1 heterocycles. The molecule has 0 radical (unpaired) electrons. The molecule has 0 atom stereocenters. The third-order valence-corrected chi connectivity index (χ3v) is 4.73. The zero-order chi connectivity index (χ0) is 19.1. The molecule has 1 N–H and O–H groups in total. The van der Waals surface area contributed by atoms with Gasteiger partial charge in [0.15, 0.2) is 5.13 Å². The van der Waals surface area contributed by atoms with Gasteiger partial charge in [-0.2, -0.15) is 0 Å². The fraction of sp³-hybridized carbons (Fsp3) is 0.238. The van der Waals surface area contributed by atoms with E-state index in [2.05, 4.69) is 17.2 Å². The van der Waals surface area contributed by atoms with Gasteiger partial charge in [0.25, 0.3) is 5.91 Å². The van der Waals surface area contributed by atoms with Gasteiger partial charge in [0, 0.05) is 16.5 Å². The van der Waals surface area contributed by atoms with Gasteiger partial charge in [0.05, 0.1) is 19.4 Å². The van der Waals surface area contributed by atoms with E-state index in [1.165, 1.54) is 11.3 Å². The third kappa shape index (κ3) is 5.08. The lowest BCUT2D eigenvalue weighted by molar-refractivity contribution is 0.102. The number of methoxy groups -OCH3 is 1. The van der Waals surface area contributed by atoms with Crippen LogP contribution in [0.2, 0.25) is 0 Å². The van der Waals surface area contributed by atoms with E-state index < -0.39 is 0 Å². The van der Waals surface area contributed by atoms with Crippen molar-refractivity contribution in [2.75, 3.05) is 19.0 Å². The van der Waals surface area contributed by atoms with Crippen molar-refractivity contribution in [1.29, 1.82) is 0 Å². The molecule has 0 aliphatic carbocycles. The number of aromatic nitrogens is 1. The van der Waals surface area contributed by atoms with Crippen molar-refractivity contribution in [2.24, 2.45) is 0 Å². The van der Waals surface area contributed by atoms with Crippen molar-refractivity contribution in [3.05, 3.63) is 59.5 Å². The van der Waals surface area contributed by atoms with Crippen LogP contribution in [0, 0.1) is 0 Å². The van der Waals surface area contributed by atoms with Crippen molar-refractivity contribution >= 4 is 22.4 Å². The molecule has 0 fully saturated rings. The van der Waals surface area contributed by atoms with E-state index in [9.17, 15) is 4.79 Å². The van der Waals surface area contributed by atoms with Crippen LogP contribution < -0.4 is 14.8 Å². The average Bonchev–Trinajstić information content (AvgIpc) is 3.17. The summed E-state index contributed by atoms with van der Waals surface area (Å²) in [5.41, 5.74) is 2.33. The fourth-order valence-corrected chi connectivity index (χ4v) is 3.17. The molecule has 3 aromatic rings. The second-order valence-electron chi connectivity index (χ2n) is 5.95. The highest BCUT2D eigenvalue weighted by Crippen LogP contribution is 2.27. The van der Waals surface area contributed by atoms with E-state index in [-0.39, 0.29) is 5.91 Å². The predicted molar refractivity (Wildman–Crippen MR) is 109 cm³/mol. The molecule has 27 heavy (non-hydrogen) atoms. The molecule has 0 bridgehead atoms. The van der Waals surface area contributed by atoms with E-state index in [1.807, 2.05) is 41.8 Å². The van der Waals surface area contributed by atoms with E-state index in [4.69, 9.17) is 9.47 Å². The van der Waals surface area contributed by atoms with Gasteiger partial charge in [-0.3, -0.25) is 10.1 Å². The molecular formula is C21H22N2O3S. The number of nitrogens with zero attached hydrogens (tertiary/aromatic N) is 1.